The van der Waals surface area contributed by atoms with Crippen LogP contribution >= 0.6 is 0 Å². The first-order chi connectivity index (χ1) is 8.17. The zero-order valence-corrected chi connectivity index (χ0v) is 10.4. The number of rotatable bonds is 5. The fourth-order valence-corrected chi connectivity index (χ4v) is 1.38. The summed E-state index contributed by atoms with van der Waals surface area (Å²) in [5.41, 5.74) is 0.922. The molecular weight excluding hydrogens is 214 g/mol. The molecular formula is C14H17NO2. The van der Waals surface area contributed by atoms with Gasteiger partial charge in [0.1, 0.15) is 0 Å². The van der Waals surface area contributed by atoms with Crippen LogP contribution in [0.2, 0.25) is 0 Å². The Balaban J connectivity index is 2.99. The summed E-state index contributed by atoms with van der Waals surface area (Å²) in [6, 6.07) is 7.59. The molecule has 0 aromatic heterocycles. The van der Waals surface area contributed by atoms with Gasteiger partial charge in [0.05, 0.1) is 18.8 Å². The van der Waals surface area contributed by atoms with Gasteiger partial charge in [-0.05, 0) is 44.5 Å². The van der Waals surface area contributed by atoms with E-state index in [1.165, 1.54) is 6.08 Å². The molecule has 1 rings (SSSR count). The first-order valence-electron chi connectivity index (χ1n) is 5.67. The highest BCUT2D eigenvalue weighted by atomic mass is 16.5. The lowest BCUT2D eigenvalue weighted by atomic mass is 10.2. The Hall–Kier alpha value is -1.95. The highest BCUT2D eigenvalue weighted by Crippen LogP contribution is 2.29. The van der Waals surface area contributed by atoms with Crippen LogP contribution in [0.15, 0.2) is 24.3 Å². The molecule has 17 heavy (non-hydrogen) atoms. The number of ether oxygens (including phenoxy) is 2. The van der Waals surface area contributed by atoms with E-state index in [0.717, 1.165) is 11.3 Å². The summed E-state index contributed by atoms with van der Waals surface area (Å²) in [7, 11) is 0. The minimum absolute atomic E-state index is 0.106. The molecule has 90 valence electrons. The van der Waals surface area contributed by atoms with Crippen LogP contribution in [-0.4, -0.2) is 12.7 Å². The molecule has 0 saturated carbocycles. The lowest BCUT2D eigenvalue weighted by Gasteiger charge is -2.14. The van der Waals surface area contributed by atoms with Crippen LogP contribution in [0.1, 0.15) is 26.3 Å². The van der Waals surface area contributed by atoms with Gasteiger partial charge in [-0.15, -0.1) is 0 Å². The summed E-state index contributed by atoms with van der Waals surface area (Å²) >= 11 is 0. The van der Waals surface area contributed by atoms with Crippen LogP contribution in [0.3, 0.4) is 0 Å². The van der Waals surface area contributed by atoms with Crippen LogP contribution in [-0.2, 0) is 0 Å². The van der Waals surface area contributed by atoms with Gasteiger partial charge in [0.25, 0.3) is 0 Å². The predicted molar refractivity (Wildman–Crippen MR) is 68.0 cm³/mol. The molecule has 0 aliphatic rings. The maximum absolute atomic E-state index is 8.48. The van der Waals surface area contributed by atoms with Gasteiger partial charge in [0, 0.05) is 6.08 Å². The average Bonchev–Trinajstić information content (AvgIpc) is 2.29. The molecule has 0 unspecified atom stereocenters. The second-order valence-corrected chi connectivity index (χ2v) is 3.77. The molecule has 3 heteroatoms. The topological polar surface area (TPSA) is 42.2 Å². The van der Waals surface area contributed by atoms with Crippen molar-refractivity contribution in [3.05, 3.63) is 29.8 Å². The maximum Gasteiger partial charge on any atom is 0.161 e. The molecule has 0 N–H and O–H groups in total. The van der Waals surface area contributed by atoms with Crippen LogP contribution in [0.25, 0.3) is 6.08 Å². The van der Waals surface area contributed by atoms with Crippen molar-refractivity contribution < 1.29 is 9.47 Å². The van der Waals surface area contributed by atoms with Gasteiger partial charge in [0.2, 0.25) is 0 Å². The first-order valence-corrected chi connectivity index (χ1v) is 5.67. The molecule has 3 nitrogen and oxygen atoms in total. The van der Waals surface area contributed by atoms with Crippen molar-refractivity contribution in [2.45, 2.75) is 26.9 Å². The molecule has 0 heterocycles. The highest BCUT2D eigenvalue weighted by molar-refractivity contribution is 5.57. The zero-order valence-electron chi connectivity index (χ0n) is 10.4. The number of nitrogens with zero attached hydrogens (tertiary/aromatic N) is 1. The average molecular weight is 231 g/mol. The molecule has 0 spiro atoms. The summed E-state index contributed by atoms with van der Waals surface area (Å²) in [5, 5.41) is 8.48. The minimum Gasteiger partial charge on any atom is -0.490 e. The van der Waals surface area contributed by atoms with Crippen molar-refractivity contribution in [1.82, 2.24) is 0 Å². The Bertz CT molecular complexity index is 430. The molecule has 0 fully saturated rings. The van der Waals surface area contributed by atoms with E-state index in [1.807, 2.05) is 45.0 Å². The van der Waals surface area contributed by atoms with E-state index in [1.54, 1.807) is 6.08 Å². The lowest BCUT2D eigenvalue weighted by Crippen LogP contribution is -2.07. The summed E-state index contributed by atoms with van der Waals surface area (Å²) in [6.07, 6.45) is 3.28. The largest absolute Gasteiger partial charge is 0.490 e. The minimum atomic E-state index is 0.106. The third kappa shape index (κ3) is 4.20. The normalized spacial score (nSPS) is 10.5. The smallest absolute Gasteiger partial charge is 0.161 e. The van der Waals surface area contributed by atoms with E-state index in [2.05, 4.69) is 0 Å². The van der Waals surface area contributed by atoms with Crippen molar-refractivity contribution in [2.24, 2.45) is 0 Å². The SMILES string of the molecule is CCOc1cc(/C=C/C#N)ccc1OC(C)C. The van der Waals surface area contributed by atoms with Crippen molar-refractivity contribution in [3.63, 3.8) is 0 Å². The van der Waals surface area contributed by atoms with Gasteiger partial charge in [-0.25, -0.2) is 0 Å². The summed E-state index contributed by atoms with van der Waals surface area (Å²) < 4.78 is 11.2. The van der Waals surface area contributed by atoms with Crippen molar-refractivity contribution in [1.29, 1.82) is 5.26 Å². The first kappa shape index (κ1) is 13.1. The van der Waals surface area contributed by atoms with Crippen LogP contribution < -0.4 is 9.47 Å². The van der Waals surface area contributed by atoms with Gasteiger partial charge in [-0.1, -0.05) is 6.07 Å². The van der Waals surface area contributed by atoms with Gasteiger partial charge in [0.15, 0.2) is 11.5 Å². The monoisotopic (exact) mass is 231 g/mol. The summed E-state index contributed by atoms with van der Waals surface area (Å²) in [5.74, 6) is 1.44. The second kappa shape index (κ2) is 6.59. The van der Waals surface area contributed by atoms with E-state index in [0.29, 0.717) is 12.4 Å². The second-order valence-electron chi connectivity index (χ2n) is 3.77. The van der Waals surface area contributed by atoms with Gasteiger partial charge < -0.3 is 9.47 Å². The Morgan fingerprint density at radius 1 is 1.35 bits per heavy atom. The van der Waals surface area contributed by atoms with Crippen LogP contribution in [0.4, 0.5) is 0 Å². The standard InChI is InChI=1S/C14H17NO2/c1-4-16-14-10-12(6-5-9-15)7-8-13(14)17-11(2)3/h5-8,10-11H,4H2,1-3H3/b6-5+. The number of hydrogen-bond acceptors (Lipinski definition) is 3. The van der Waals surface area contributed by atoms with Gasteiger partial charge >= 0.3 is 0 Å². The Morgan fingerprint density at radius 2 is 2.12 bits per heavy atom. The molecule has 0 radical (unpaired) electrons. The van der Waals surface area contributed by atoms with E-state index in [-0.39, 0.29) is 6.10 Å². The highest BCUT2D eigenvalue weighted by Gasteiger charge is 2.07. The van der Waals surface area contributed by atoms with Crippen LogP contribution in [0, 0.1) is 11.3 Å². The lowest BCUT2D eigenvalue weighted by molar-refractivity contribution is 0.224. The van der Waals surface area contributed by atoms with E-state index in [9.17, 15) is 0 Å². The molecule has 0 bridgehead atoms. The third-order valence-corrected chi connectivity index (χ3v) is 1.98. The fraction of sp³-hybridized carbons (Fsp3) is 0.357. The Morgan fingerprint density at radius 3 is 2.71 bits per heavy atom. The Labute approximate surface area is 102 Å². The number of nitriles is 1. The fourth-order valence-electron chi connectivity index (χ4n) is 1.38. The van der Waals surface area contributed by atoms with Crippen molar-refractivity contribution in [2.75, 3.05) is 6.61 Å². The quantitative estimate of drug-likeness (QED) is 0.729. The predicted octanol–water partition coefficient (Wildman–Crippen LogP) is 3.41. The summed E-state index contributed by atoms with van der Waals surface area (Å²) in [4.78, 5) is 0. The third-order valence-electron chi connectivity index (χ3n) is 1.98. The van der Waals surface area contributed by atoms with Crippen molar-refractivity contribution in [3.8, 4) is 17.6 Å². The van der Waals surface area contributed by atoms with E-state index >= 15 is 0 Å². The molecule has 1 aromatic carbocycles. The van der Waals surface area contributed by atoms with Gasteiger partial charge in [-0.2, -0.15) is 5.26 Å². The van der Waals surface area contributed by atoms with Gasteiger partial charge in [-0.3, -0.25) is 0 Å². The number of hydrogen-bond donors (Lipinski definition) is 0. The molecule has 0 atom stereocenters. The molecule has 0 aliphatic carbocycles. The Kier molecular flexibility index (Phi) is 5.09. The summed E-state index contributed by atoms with van der Waals surface area (Å²) in [6.45, 7) is 6.45. The van der Waals surface area contributed by atoms with Crippen molar-refractivity contribution >= 4 is 6.08 Å². The molecule has 0 saturated heterocycles. The maximum atomic E-state index is 8.48. The number of allylic oxidation sites excluding steroid dienone is 1. The van der Waals surface area contributed by atoms with Crippen LogP contribution in [0.5, 0.6) is 11.5 Å². The zero-order chi connectivity index (χ0) is 12.7. The number of benzene rings is 1. The molecule has 1 aromatic rings. The molecule has 0 aliphatic heterocycles. The molecule has 0 amide bonds. The van der Waals surface area contributed by atoms with E-state index < -0.39 is 0 Å². The van der Waals surface area contributed by atoms with E-state index in [4.69, 9.17) is 14.7 Å².